The number of anilines is 2. The van der Waals surface area contributed by atoms with E-state index in [4.69, 9.17) is 4.74 Å². The number of benzene rings is 2. The zero-order chi connectivity index (χ0) is 20.4. The van der Waals surface area contributed by atoms with Crippen LogP contribution >= 0.6 is 0 Å². The van der Waals surface area contributed by atoms with Crippen LogP contribution in [0.4, 0.5) is 25.0 Å². The molecular weight excluding hydrogens is 376 g/mol. The normalized spacial score (nSPS) is 13.9. The number of imide groups is 2. The average molecular weight is 389 g/mol. The molecule has 3 rings (SSSR count). The third kappa shape index (κ3) is 3.52. The molecule has 0 unspecified atom stereocenters. The quantitative estimate of drug-likeness (QED) is 0.623. The molecule has 5 amide bonds. The van der Waals surface area contributed by atoms with Crippen molar-refractivity contribution in [2.75, 3.05) is 23.9 Å². The molecule has 0 bridgehead atoms. The fourth-order valence-corrected chi connectivity index (χ4v) is 2.52. The predicted molar refractivity (Wildman–Crippen MR) is 92.6 cm³/mol. The minimum Gasteiger partial charge on any atom is -0.497 e. The zero-order valence-electron chi connectivity index (χ0n) is 14.4. The van der Waals surface area contributed by atoms with Crippen molar-refractivity contribution in [3.05, 3.63) is 54.1 Å². The van der Waals surface area contributed by atoms with E-state index in [1.54, 1.807) is 0 Å². The van der Waals surface area contributed by atoms with E-state index in [-0.39, 0.29) is 11.4 Å². The first-order valence-electron chi connectivity index (χ1n) is 7.90. The van der Waals surface area contributed by atoms with Crippen molar-refractivity contribution in [3.8, 4) is 5.75 Å². The molecule has 28 heavy (non-hydrogen) atoms. The molecule has 0 radical (unpaired) electrons. The molecule has 1 heterocycles. The molecule has 10 heteroatoms. The number of ether oxygens (including phenoxy) is 1. The van der Waals surface area contributed by atoms with Gasteiger partial charge in [0.25, 0.3) is 0 Å². The molecule has 1 aliphatic heterocycles. The van der Waals surface area contributed by atoms with Crippen molar-refractivity contribution in [1.29, 1.82) is 0 Å². The van der Waals surface area contributed by atoms with Gasteiger partial charge in [0, 0.05) is 11.8 Å². The van der Waals surface area contributed by atoms with Crippen LogP contribution in [0.5, 0.6) is 5.75 Å². The van der Waals surface area contributed by atoms with Gasteiger partial charge in [-0.25, -0.2) is 23.4 Å². The van der Waals surface area contributed by atoms with Gasteiger partial charge >= 0.3 is 17.8 Å². The molecule has 2 aromatic carbocycles. The third-order valence-electron chi connectivity index (χ3n) is 3.89. The Morgan fingerprint density at radius 1 is 1.00 bits per heavy atom. The van der Waals surface area contributed by atoms with Gasteiger partial charge in [-0.15, -0.1) is 0 Å². The molecular formula is C18H13F2N3O5. The number of methoxy groups -OCH3 is 1. The van der Waals surface area contributed by atoms with E-state index >= 15 is 0 Å². The highest BCUT2D eigenvalue weighted by atomic mass is 19.2. The SMILES string of the molecule is COc1ccc(N2C(=O)C(=O)N(CC(=O)Nc3ccc(F)c(F)c3)C2=O)cc1. The van der Waals surface area contributed by atoms with Gasteiger partial charge in [-0.2, -0.15) is 0 Å². The Kier molecular flexibility index (Phi) is 5.03. The summed E-state index contributed by atoms with van der Waals surface area (Å²) in [5, 5.41) is 2.22. The zero-order valence-corrected chi connectivity index (χ0v) is 14.4. The molecule has 144 valence electrons. The molecule has 1 fully saturated rings. The van der Waals surface area contributed by atoms with E-state index in [1.807, 2.05) is 0 Å². The van der Waals surface area contributed by atoms with Gasteiger partial charge in [0.1, 0.15) is 12.3 Å². The van der Waals surface area contributed by atoms with Crippen LogP contribution in [0.15, 0.2) is 42.5 Å². The van der Waals surface area contributed by atoms with Crippen LogP contribution in [-0.2, 0) is 14.4 Å². The van der Waals surface area contributed by atoms with Crippen molar-refractivity contribution in [2.45, 2.75) is 0 Å². The standard InChI is InChI=1S/C18H13F2N3O5/c1-28-12-5-3-11(4-6-12)23-17(26)16(25)22(18(23)27)9-15(24)21-10-2-7-13(19)14(20)8-10/h2-8H,9H2,1H3,(H,21,24). The van der Waals surface area contributed by atoms with E-state index in [2.05, 4.69) is 5.32 Å². The first-order valence-corrected chi connectivity index (χ1v) is 7.90. The van der Waals surface area contributed by atoms with Crippen LogP contribution < -0.4 is 15.0 Å². The van der Waals surface area contributed by atoms with Crippen LogP contribution in [-0.4, -0.2) is 42.3 Å². The second-order valence-electron chi connectivity index (χ2n) is 5.69. The minimum absolute atomic E-state index is 0.0682. The monoisotopic (exact) mass is 389 g/mol. The Bertz CT molecular complexity index is 978. The summed E-state index contributed by atoms with van der Waals surface area (Å²) in [5.74, 6) is -4.94. The second kappa shape index (κ2) is 7.43. The highest BCUT2D eigenvalue weighted by molar-refractivity contribution is 6.53. The van der Waals surface area contributed by atoms with Crippen LogP contribution in [0.2, 0.25) is 0 Å². The molecule has 1 aliphatic rings. The van der Waals surface area contributed by atoms with E-state index in [1.165, 1.54) is 31.4 Å². The molecule has 1 N–H and O–H groups in total. The van der Waals surface area contributed by atoms with Gasteiger partial charge in [-0.1, -0.05) is 0 Å². The fraction of sp³-hybridized carbons (Fsp3) is 0.111. The Labute approximate surface area is 157 Å². The molecule has 0 atom stereocenters. The second-order valence-corrected chi connectivity index (χ2v) is 5.69. The van der Waals surface area contributed by atoms with Gasteiger partial charge in [0.15, 0.2) is 11.6 Å². The number of carbonyl (C=O) groups excluding carboxylic acids is 4. The summed E-state index contributed by atoms with van der Waals surface area (Å²) in [6, 6.07) is 7.48. The Morgan fingerprint density at radius 3 is 2.29 bits per heavy atom. The number of hydrogen-bond acceptors (Lipinski definition) is 5. The van der Waals surface area contributed by atoms with E-state index in [0.29, 0.717) is 15.5 Å². The molecule has 2 aromatic rings. The first-order chi connectivity index (χ1) is 13.3. The Hall–Kier alpha value is -3.82. The van der Waals surface area contributed by atoms with Gasteiger partial charge in [0.05, 0.1) is 12.8 Å². The van der Waals surface area contributed by atoms with Crippen LogP contribution in [0.1, 0.15) is 0 Å². The molecule has 8 nitrogen and oxygen atoms in total. The largest absolute Gasteiger partial charge is 0.497 e. The van der Waals surface area contributed by atoms with E-state index < -0.39 is 41.9 Å². The van der Waals surface area contributed by atoms with Crippen LogP contribution in [0.25, 0.3) is 0 Å². The number of carbonyl (C=O) groups is 4. The summed E-state index contributed by atoms with van der Waals surface area (Å²) in [4.78, 5) is 49.9. The number of nitrogens with one attached hydrogen (secondary N) is 1. The number of hydrogen-bond donors (Lipinski definition) is 1. The summed E-state index contributed by atoms with van der Waals surface area (Å²) in [7, 11) is 1.44. The van der Waals surface area contributed by atoms with Crippen LogP contribution in [0, 0.1) is 11.6 Å². The lowest BCUT2D eigenvalue weighted by molar-refractivity contribution is -0.140. The predicted octanol–water partition coefficient (Wildman–Crippen LogP) is 1.91. The highest BCUT2D eigenvalue weighted by Crippen LogP contribution is 2.24. The maximum atomic E-state index is 13.2. The summed E-state index contributed by atoms with van der Waals surface area (Å²) < 4.78 is 31.1. The fourth-order valence-electron chi connectivity index (χ4n) is 2.52. The average Bonchev–Trinajstić information content (AvgIpc) is 2.88. The smallest absolute Gasteiger partial charge is 0.339 e. The van der Waals surface area contributed by atoms with Crippen LogP contribution in [0.3, 0.4) is 0 Å². The summed E-state index contributed by atoms with van der Waals surface area (Å²) >= 11 is 0. The number of amides is 5. The number of halogens is 2. The van der Waals surface area contributed by atoms with Gasteiger partial charge in [-0.3, -0.25) is 14.4 Å². The maximum Gasteiger partial charge on any atom is 0.339 e. The molecule has 0 aromatic heterocycles. The van der Waals surface area contributed by atoms with E-state index in [0.717, 1.165) is 18.2 Å². The van der Waals surface area contributed by atoms with Crippen molar-refractivity contribution in [2.24, 2.45) is 0 Å². The van der Waals surface area contributed by atoms with Crippen molar-refractivity contribution in [1.82, 2.24) is 4.90 Å². The molecule has 0 aliphatic carbocycles. The third-order valence-corrected chi connectivity index (χ3v) is 3.89. The minimum atomic E-state index is -1.18. The topological polar surface area (TPSA) is 96.0 Å². The molecule has 0 spiro atoms. The maximum absolute atomic E-state index is 13.2. The first kappa shape index (κ1) is 19.0. The number of urea groups is 1. The van der Waals surface area contributed by atoms with Gasteiger partial charge < -0.3 is 10.1 Å². The molecule has 1 saturated heterocycles. The lowest BCUT2D eigenvalue weighted by Crippen LogP contribution is -2.39. The van der Waals surface area contributed by atoms with E-state index in [9.17, 15) is 28.0 Å². The van der Waals surface area contributed by atoms with Crippen molar-refractivity contribution < 1.29 is 32.7 Å². The van der Waals surface area contributed by atoms with Gasteiger partial charge in [-0.05, 0) is 36.4 Å². The summed E-state index contributed by atoms with van der Waals surface area (Å²) in [6.07, 6.45) is 0. The summed E-state index contributed by atoms with van der Waals surface area (Å²) in [6.45, 7) is -0.769. The van der Waals surface area contributed by atoms with Crippen molar-refractivity contribution >= 4 is 35.1 Å². The van der Waals surface area contributed by atoms with Crippen molar-refractivity contribution in [3.63, 3.8) is 0 Å². The lowest BCUT2D eigenvalue weighted by Gasteiger charge is -2.15. The summed E-state index contributed by atoms with van der Waals surface area (Å²) in [5.41, 5.74) is 0.0639. The highest BCUT2D eigenvalue weighted by Gasteiger charge is 2.46. The Balaban J connectivity index is 1.73. The lowest BCUT2D eigenvalue weighted by atomic mass is 10.3. The molecule has 0 saturated carbocycles. The number of rotatable bonds is 5. The van der Waals surface area contributed by atoms with Gasteiger partial charge in [0.2, 0.25) is 5.91 Å². The number of nitrogens with zero attached hydrogens (tertiary/aromatic N) is 2. The Morgan fingerprint density at radius 2 is 1.68 bits per heavy atom.